The molecule has 0 aliphatic heterocycles. The van der Waals surface area contributed by atoms with Crippen LogP contribution in [0, 0.1) is 11.2 Å². The number of rotatable bonds is 4. The van der Waals surface area contributed by atoms with Crippen molar-refractivity contribution in [2.75, 3.05) is 11.9 Å². The van der Waals surface area contributed by atoms with Crippen molar-refractivity contribution in [3.63, 3.8) is 0 Å². The Labute approximate surface area is 121 Å². The molecule has 0 atom stereocenters. The van der Waals surface area contributed by atoms with E-state index < -0.39 is 0 Å². The largest absolute Gasteiger partial charge is 0.491 e. The molecule has 1 fully saturated rings. The summed E-state index contributed by atoms with van der Waals surface area (Å²) in [6, 6.07) is 4.27. The van der Waals surface area contributed by atoms with Crippen molar-refractivity contribution in [2.24, 2.45) is 5.41 Å². The average molecular weight is 336 g/mol. The van der Waals surface area contributed by atoms with Crippen molar-refractivity contribution in [1.29, 1.82) is 0 Å². The summed E-state index contributed by atoms with van der Waals surface area (Å²) in [4.78, 5) is 0. The fraction of sp³-hybridized carbons (Fsp3) is 0.571. The number of ether oxygens (including phenoxy) is 1. The lowest BCUT2D eigenvalue weighted by molar-refractivity contribution is 0.122. The van der Waals surface area contributed by atoms with Crippen molar-refractivity contribution < 1.29 is 9.13 Å². The average Bonchev–Trinajstić information content (AvgIpc) is 2.39. The number of hydrogen-bond donors (Lipinski definition) is 0. The molecule has 0 heterocycles. The van der Waals surface area contributed by atoms with Gasteiger partial charge in [-0.1, -0.05) is 46.8 Å². The molecule has 0 unspecified atom stereocenters. The van der Waals surface area contributed by atoms with Gasteiger partial charge in [0.25, 0.3) is 0 Å². The lowest BCUT2D eigenvalue weighted by Crippen LogP contribution is -2.32. The van der Waals surface area contributed by atoms with E-state index in [9.17, 15) is 4.39 Å². The Morgan fingerprint density at radius 2 is 2.00 bits per heavy atom. The fourth-order valence-electron chi connectivity index (χ4n) is 2.44. The van der Waals surface area contributed by atoms with Gasteiger partial charge in [0.1, 0.15) is 11.6 Å². The van der Waals surface area contributed by atoms with Crippen molar-refractivity contribution in [1.82, 2.24) is 0 Å². The normalized spacial score (nSPS) is 18.6. The van der Waals surface area contributed by atoms with Crippen LogP contribution in [0.2, 0.25) is 5.02 Å². The van der Waals surface area contributed by atoms with Crippen molar-refractivity contribution in [2.45, 2.75) is 32.1 Å². The molecule has 1 aliphatic carbocycles. The number of halogens is 3. The monoisotopic (exact) mass is 334 g/mol. The second-order valence-corrected chi connectivity index (χ2v) is 6.03. The zero-order valence-electron chi connectivity index (χ0n) is 10.2. The van der Waals surface area contributed by atoms with Crippen LogP contribution in [0.3, 0.4) is 0 Å². The van der Waals surface area contributed by atoms with Gasteiger partial charge in [-0.15, -0.1) is 0 Å². The third-order valence-electron chi connectivity index (χ3n) is 3.63. The number of benzene rings is 1. The minimum atomic E-state index is -0.333. The third-order valence-corrected chi connectivity index (χ3v) is 5.11. The van der Waals surface area contributed by atoms with Crippen molar-refractivity contribution >= 4 is 27.5 Å². The lowest BCUT2D eigenvalue weighted by Gasteiger charge is -2.35. The quantitative estimate of drug-likeness (QED) is 0.687. The molecule has 0 amide bonds. The highest BCUT2D eigenvalue weighted by atomic mass is 79.9. The Bertz CT molecular complexity index is 405. The Morgan fingerprint density at radius 1 is 1.28 bits per heavy atom. The first-order chi connectivity index (χ1) is 8.65. The van der Waals surface area contributed by atoms with Crippen LogP contribution in [0.15, 0.2) is 18.2 Å². The Balaban J connectivity index is 2.01. The van der Waals surface area contributed by atoms with Gasteiger partial charge in [0, 0.05) is 10.7 Å². The van der Waals surface area contributed by atoms with E-state index >= 15 is 0 Å². The highest BCUT2D eigenvalue weighted by Gasteiger charge is 2.32. The van der Waals surface area contributed by atoms with Crippen LogP contribution < -0.4 is 4.74 Å². The van der Waals surface area contributed by atoms with Gasteiger partial charge in [0.2, 0.25) is 0 Å². The van der Waals surface area contributed by atoms with Crippen LogP contribution in [0.4, 0.5) is 4.39 Å². The summed E-state index contributed by atoms with van der Waals surface area (Å²) < 4.78 is 18.7. The summed E-state index contributed by atoms with van der Waals surface area (Å²) in [5.74, 6) is 0.240. The first kappa shape index (κ1) is 14.1. The van der Waals surface area contributed by atoms with E-state index in [0.717, 1.165) is 5.33 Å². The van der Waals surface area contributed by atoms with E-state index in [1.807, 2.05) is 0 Å². The molecule has 0 saturated heterocycles. The molecule has 4 heteroatoms. The predicted molar refractivity (Wildman–Crippen MR) is 76.2 cm³/mol. The SMILES string of the molecule is Fc1ccc(OCC2(CBr)CCCCC2)c(Cl)c1. The zero-order chi connectivity index (χ0) is 13.0. The molecule has 0 aromatic heterocycles. The standard InChI is InChI=1S/C14H17BrClFO/c15-9-14(6-2-1-3-7-14)10-18-13-5-4-11(17)8-12(13)16/h4-5,8H,1-3,6-7,9-10H2. The molecule has 18 heavy (non-hydrogen) atoms. The van der Waals surface area contributed by atoms with Crippen LogP contribution in [-0.2, 0) is 0 Å². The molecule has 1 aromatic carbocycles. The summed E-state index contributed by atoms with van der Waals surface area (Å²) >= 11 is 9.56. The Kier molecular flexibility index (Phi) is 4.91. The first-order valence-electron chi connectivity index (χ1n) is 6.29. The lowest BCUT2D eigenvalue weighted by atomic mass is 9.76. The number of hydrogen-bond acceptors (Lipinski definition) is 1. The summed E-state index contributed by atoms with van der Waals surface area (Å²) in [5.41, 5.74) is 0.204. The molecule has 1 aromatic rings. The summed E-state index contributed by atoms with van der Waals surface area (Å²) in [6.45, 7) is 0.642. The fourth-order valence-corrected chi connectivity index (χ4v) is 3.39. The van der Waals surface area contributed by atoms with E-state index in [0.29, 0.717) is 17.4 Å². The van der Waals surface area contributed by atoms with Gasteiger partial charge in [-0.25, -0.2) is 4.39 Å². The van der Waals surface area contributed by atoms with Crippen molar-refractivity contribution in [3.8, 4) is 5.75 Å². The molecule has 1 aliphatic rings. The highest BCUT2D eigenvalue weighted by Crippen LogP contribution is 2.39. The minimum Gasteiger partial charge on any atom is -0.491 e. The van der Waals surface area contributed by atoms with Crippen LogP contribution >= 0.6 is 27.5 Å². The Hall–Kier alpha value is -0.280. The predicted octanol–water partition coefficient (Wildman–Crippen LogP) is 5.20. The van der Waals surface area contributed by atoms with Gasteiger partial charge >= 0.3 is 0 Å². The second kappa shape index (κ2) is 6.25. The summed E-state index contributed by atoms with van der Waals surface area (Å²) in [6.07, 6.45) is 6.18. The second-order valence-electron chi connectivity index (χ2n) is 5.06. The van der Waals surface area contributed by atoms with Crippen LogP contribution in [-0.4, -0.2) is 11.9 Å². The van der Waals surface area contributed by atoms with E-state index in [1.54, 1.807) is 6.07 Å². The summed E-state index contributed by atoms with van der Waals surface area (Å²) in [5, 5.41) is 1.29. The van der Waals surface area contributed by atoms with Crippen LogP contribution in [0.1, 0.15) is 32.1 Å². The van der Waals surface area contributed by atoms with E-state index in [4.69, 9.17) is 16.3 Å². The van der Waals surface area contributed by atoms with E-state index in [1.165, 1.54) is 44.2 Å². The molecule has 0 N–H and O–H groups in total. The van der Waals surface area contributed by atoms with Gasteiger partial charge < -0.3 is 4.74 Å². The number of alkyl halides is 1. The van der Waals surface area contributed by atoms with Gasteiger partial charge in [0.05, 0.1) is 11.6 Å². The minimum absolute atomic E-state index is 0.204. The molecule has 100 valence electrons. The maximum atomic E-state index is 12.9. The highest BCUT2D eigenvalue weighted by molar-refractivity contribution is 9.09. The zero-order valence-corrected chi connectivity index (χ0v) is 12.6. The molecular weight excluding hydrogens is 319 g/mol. The first-order valence-corrected chi connectivity index (χ1v) is 7.79. The van der Waals surface area contributed by atoms with Gasteiger partial charge in [-0.3, -0.25) is 0 Å². The molecule has 2 rings (SSSR count). The van der Waals surface area contributed by atoms with E-state index in [-0.39, 0.29) is 11.2 Å². The van der Waals surface area contributed by atoms with Gasteiger partial charge in [-0.05, 0) is 31.0 Å². The van der Waals surface area contributed by atoms with Crippen LogP contribution in [0.5, 0.6) is 5.75 Å². The maximum absolute atomic E-state index is 12.9. The van der Waals surface area contributed by atoms with E-state index in [2.05, 4.69) is 15.9 Å². The molecular formula is C14H17BrClFO. The maximum Gasteiger partial charge on any atom is 0.138 e. The summed E-state index contributed by atoms with van der Waals surface area (Å²) in [7, 11) is 0. The van der Waals surface area contributed by atoms with Gasteiger partial charge in [-0.2, -0.15) is 0 Å². The molecule has 1 saturated carbocycles. The topological polar surface area (TPSA) is 9.23 Å². The molecule has 0 radical (unpaired) electrons. The molecule has 0 bridgehead atoms. The van der Waals surface area contributed by atoms with Gasteiger partial charge in [0.15, 0.2) is 0 Å². The Morgan fingerprint density at radius 3 is 2.61 bits per heavy atom. The molecule has 1 nitrogen and oxygen atoms in total. The third kappa shape index (κ3) is 3.39. The van der Waals surface area contributed by atoms with Crippen molar-refractivity contribution in [3.05, 3.63) is 29.0 Å². The molecule has 0 spiro atoms. The van der Waals surface area contributed by atoms with Crippen LogP contribution in [0.25, 0.3) is 0 Å². The smallest absolute Gasteiger partial charge is 0.138 e.